The second-order valence-electron chi connectivity index (χ2n) is 3.88. The molecule has 0 aliphatic rings. The fraction of sp³-hybridized carbons (Fsp3) is 0.182. The highest BCUT2D eigenvalue weighted by molar-refractivity contribution is 5.49. The van der Waals surface area contributed by atoms with Crippen molar-refractivity contribution < 1.29 is 8.94 Å². The number of anilines is 1. The van der Waals surface area contributed by atoms with Gasteiger partial charge in [-0.2, -0.15) is 0 Å². The van der Waals surface area contributed by atoms with E-state index in [4.69, 9.17) is 14.7 Å². The minimum Gasteiger partial charge on any atom is -0.461 e. The molecule has 2 N–H and O–H groups in total. The van der Waals surface area contributed by atoms with Crippen LogP contribution in [-0.4, -0.2) is 20.2 Å². The van der Waals surface area contributed by atoms with Gasteiger partial charge in [-0.3, -0.25) is 0 Å². The molecule has 0 aliphatic heterocycles. The number of furan rings is 1. The molecule has 0 unspecified atom stereocenters. The van der Waals surface area contributed by atoms with E-state index in [1.54, 1.807) is 23.1 Å². The summed E-state index contributed by atoms with van der Waals surface area (Å²) in [5.41, 5.74) is 7.16. The zero-order valence-electron chi connectivity index (χ0n) is 9.70. The van der Waals surface area contributed by atoms with Gasteiger partial charge in [-0.25, -0.2) is 4.68 Å². The monoisotopic (exact) mass is 245 g/mol. The number of rotatable bonds is 3. The molecule has 3 aromatic rings. The maximum atomic E-state index is 5.62. The van der Waals surface area contributed by atoms with Gasteiger partial charge in [0.1, 0.15) is 5.69 Å². The molecule has 0 amide bonds. The molecule has 0 radical (unpaired) electrons. The van der Waals surface area contributed by atoms with Crippen LogP contribution in [0.15, 0.2) is 33.4 Å². The lowest BCUT2D eigenvalue weighted by molar-refractivity contribution is 0.406. The van der Waals surface area contributed by atoms with Crippen LogP contribution in [0.2, 0.25) is 0 Å². The van der Waals surface area contributed by atoms with Crippen LogP contribution in [0.1, 0.15) is 11.4 Å². The number of nitrogens with zero attached hydrogens (tertiary/aromatic N) is 4. The van der Waals surface area contributed by atoms with E-state index in [0.29, 0.717) is 23.9 Å². The smallest absolute Gasteiger partial charge is 0.202 e. The highest BCUT2D eigenvalue weighted by atomic mass is 16.5. The van der Waals surface area contributed by atoms with Crippen LogP contribution in [0.3, 0.4) is 0 Å². The predicted octanol–water partition coefficient (Wildman–Crippen LogP) is 1.47. The van der Waals surface area contributed by atoms with Crippen LogP contribution in [0.5, 0.6) is 0 Å². The first-order valence-electron chi connectivity index (χ1n) is 5.39. The third kappa shape index (κ3) is 1.75. The molecule has 0 saturated carbocycles. The van der Waals surface area contributed by atoms with Gasteiger partial charge in [0.2, 0.25) is 5.76 Å². The first-order valence-corrected chi connectivity index (χ1v) is 5.39. The average Bonchev–Trinajstić information content (AvgIpc) is 3.06. The quantitative estimate of drug-likeness (QED) is 0.750. The van der Waals surface area contributed by atoms with Gasteiger partial charge in [0.25, 0.3) is 0 Å². The van der Waals surface area contributed by atoms with Gasteiger partial charge in [0.05, 0.1) is 18.5 Å². The van der Waals surface area contributed by atoms with E-state index in [9.17, 15) is 0 Å². The molecule has 18 heavy (non-hydrogen) atoms. The molecule has 3 aromatic heterocycles. The Kier molecular flexibility index (Phi) is 2.36. The molecule has 7 nitrogen and oxygen atoms in total. The second-order valence-corrected chi connectivity index (χ2v) is 3.88. The lowest BCUT2D eigenvalue weighted by Gasteiger charge is -1.97. The van der Waals surface area contributed by atoms with E-state index < -0.39 is 0 Å². The van der Waals surface area contributed by atoms with E-state index in [2.05, 4.69) is 15.5 Å². The Hall–Kier alpha value is -2.57. The summed E-state index contributed by atoms with van der Waals surface area (Å²) in [6.45, 7) is 2.31. The normalized spacial score (nSPS) is 10.9. The molecular formula is C11H11N5O2. The summed E-state index contributed by atoms with van der Waals surface area (Å²) in [5.74, 6) is 1.65. The minimum atomic E-state index is 0.421. The molecule has 0 aromatic carbocycles. The molecule has 3 rings (SSSR count). The fourth-order valence-electron chi connectivity index (χ4n) is 1.60. The lowest BCUT2D eigenvalue weighted by atomic mass is 10.3. The topological polar surface area (TPSA) is 95.9 Å². The van der Waals surface area contributed by atoms with Crippen LogP contribution in [0.25, 0.3) is 11.5 Å². The van der Waals surface area contributed by atoms with Crippen molar-refractivity contribution >= 4 is 5.82 Å². The Labute approximate surface area is 102 Å². The Morgan fingerprint density at radius 1 is 1.39 bits per heavy atom. The fourth-order valence-corrected chi connectivity index (χ4v) is 1.60. The van der Waals surface area contributed by atoms with E-state index in [0.717, 1.165) is 11.4 Å². The van der Waals surface area contributed by atoms with Crippen molar-refractivity contribution in [3.05, 3.63) is 35.9 Å². The minimum absolute atomic E-state index is 0.421. The van der Waals surface area contributed by atoms with Crippen molar-refractivity contribution in [1.29, 1.82) is 0 Å². The number of hydrogen-bond donors (Lipinski definition) is 1. The standard InChI is InChI=1S/C11H11N5O2/c1-7-11(12)13-15-16(7)6-8-5-10(18-14-8)9-3-2-4-17-9/h2-5H,6,12H2,1H3. The summed E-state index contributed by atoms with van der Waals surface area (Å²) in [4.78, 5) is 0. The van der Waals surface area contributed by atoms with Gasteiger partial charge in [0.15, 0.2) is 11.6 Å². The largest absolute Gasteiger partial charge is 0.461 e. The third-order valence-corrected chi connectivity index (χ3v) is 2.65. The Bertz CT molecular complexity index is 653. The summed E-state index contributed by atoms with van der Waals surface area (Å²) in [6, 6.07) is 5.40. The molecule has 0 spiro atoms. The molecule has 92 valence electrons. The van der Waals surface area contributed by atoms with Gasteiger partial charge < -0.3 is 14.7 Å². The molecule has 0 saturated heterocycles. The molecule has 3 heterocycles. The average molecular weight is 245 g/mol. The van der Waals surface area contributed by atoms with E-state index in [1.807, 2.05) is 13.0 Å². The van der Waals surface area contributed by atoms with E-state index in [-0.39, 0.29) is 0 Å². The van der Waals surface area contributed by atoms with Crippen molar-refractivity contribution in [1.82, 2.24) is 20.2 Å². The predicted molar refractivity (Wildman–Crippen MR) is 62.5 cm³/mol. The number of hydrogen-bond acceptors (Lipinski definition) is 6. The number of nitrogen functional groups attached to an aromatic ring is 1. The second kappa shape index (κ2) is 4.02. The Morgan fingerprint density at radius 2 is 2.28 bits per heavy atom. The summed E-state index contributed by atoms with van der Waals surface area (Å²) < 4.78 is 12.1. The maximum Gasteiger partial charge on any atom is 0.202 e. The van der Waals surface area contributed by atoms with Crippen LogP contribution in [-0.2, 0) is 6.54 Å². The number of nitrogens with two attached hydrogens (primary N) is 1. The summed E-state index contributed by atoms with van der Waals surface area (Å²) in [7, 11) is 0. The Balaban J connectivity index is 1.84. The molecule has 0 aliphatic carbocycles. The van der Waals surface area contributed by atoms with Gasteiger partial charge in [0, 0.05) is 6.07 Å². The van der Waals surface area contributed by atoms with E-state index in [1.165, 1.54) is 0 Å². The van der Waals surface area contributed by atoms with Gasteiger partial charge in [-0.15, -0.1) is 5.10 Å². The highest BCUT2D eigenvalue weighted by Crippen LogP contribution is 2.21. The first kappa shape index (κ1) is 10.6. The van der Waals surface area contributed by atoms with Gasteiger partial charge in [-0.05, 0) is 19.1 Å². The molecule has 0 atom stereocenters. The summed E-state index contributed by atoms with van der Waals surface area (Å²) >= 11 is 0. The summed E-state index contributed by atoms with van der Waals surface area (Å²) in [6.07, 6.45) is 1.58. The zero-order valence-corrected chi connectivity index (χ0v) is 9.70. The maximum absolute atomic E-state index is 5.62. The summed E-state index contributed by atoms with van der Waals surface area (Å²) in [5, 5.41) is 11.7. The van der Waals surface area contributed by atoms with Crippen molar-refractivity contribution in [2.24, 2.45) is 0 Å². The Morgan fingerprint density at radius 3 is 2.94 bits per heavy atom. The molecule has 7 heteroatoms. The van der Waals surface area contributed by atoms with Crippen molar-refractivity contribution in [3.8, 4) is 11.5 Å². The number of aromatic nitrogens is 4. The van der Waals surface area contributed by atoms with Crippen molar-refractivity contribution in [2.45, 2.75) is 13.5 Å². The third-order valence-electron chi connectivity index (χ3n) is 2.65. The zero-order chi connectivity index (χ0) is 12.5. The van der Waals surface area contributed by atoms with Gasteiger partial charge in [-0.1, -0.05) is 10.4 Å². The van der Waals surface area contributed by atoms with Crippen molar-refractivity contribution in [3.63, 3.8) is 0 Å². The van der Waals surface area contributed by atoms with Crippen LogP contribution in [0, 0.1) is 6.92 Å². The molecular weight excluding hydrogens is 234 g/mol. The molecule has 0 bridgehead atoms. The highest BCUT2D eigenvalue weighted by Gasteiger charge is 2.11. The van der Waals surface area contributed by atoms with Crippen LogP contribution >= 0.6 is 0 Å². The molecule has 0 fully saturated rings. The van der Waals surface area contributed by atoms with Crippen LogP contribution in [0.4, 0.5) is 5.82 Å². The first-order chi connectivity index (χ1) is 8.74. The SMILES string of the molecule is Cc1c(N)nnn1Cc1cc(-c2ccco2)on1. The van der Waals surface area contributed by atoms with Gasteiger partial charge >= 0.3 is 0 Å². The lowest BCUT2D eigenvalue weighted by Crippen LogP contribution is -2.04. The van der Waals surface area contributed by atoms with E-state index >= 15 is 0 Å². The van der Waals surface area contributed by atoms with Crippen LogP contribution < -0.4 is 5.73 Å². The van der Waals surface area contributed by atoms with Crippen molar-refractivity contribution in [2.75, 3.05) is 5.73 Å².